The molecule has 132 valence electrons. The fourth-order valence-electron chi connectivity index (χ4n) is 4.95. The Hall–Kier alpha value is -2.00. The van der Waals surface area contributed by atoms with E-state index in [9.17, 15) is 0 Å². The average Bonchev–Trinajstić information content (AvgIpc) is 3.31. The summed E-state index contributed by atoms with van der Waals surface area (Å²) in [5.74, 6) is 2.07. The highest BCUT2D eigenvalue weighted by Gasteiger charge is 2.41. The third-order valence-electron chi connectivity index (χ3n) is 6.07. The number of hydrogen-bond acceptors (Lipinski definition) is 2. The lowest BCUT2D eigenvalue weighted by Crippen LogP contribution is -2.22. The van der Waals surface area contributed by atoms with Crippen LogP contribution in [0, 0.1) is 5.41 Å². The van der Waals surface area contributed by atoms with E-state index in [1.54, 1.807) is 0 Å². The highest BCUT2D eigenvalue weighted by Crippen LogP contribution is 2.57. The Morgan fingerprint density at radius 2 is 1.96 bits per heavy atom. The van der Waals surface area contributed by atoms with Crippen LogP contribution in [0.4, 0.5) is 0 Å². The van der Waals surface area contributed by atoms with Crippen LogP contribution in [0.5, 0.6) is 11.5 Å². The maximum absolute atomic E-state index is 5.69. The predicted molar refractivity (Wildman–Crippen MR) is 109 cm³/mol. The number of ether oxygens (including phenoxy) is 2. The third kappa shape index (κ3) is 2.10. The summed E-state index contributed by atoms with van der Waals surface area (Å²) in [6.07, 6.45) is 5.59. The summed E-state index contributed by atoms with van der Waals surface area (Å²) in [5.41, 5.74) is 8.27. The van der Waals surface area contributed by atoms with Crippen molar-refractivity contribution in [1.29, 1.82) is 0 Å². The van der Waals surface area contributed by atoms with Gasteiger partial charge in [-0.1, -0.05) is 55.8 Å². The van der Waals surface area contributed by atoms with Crippen LogP contribution >= 0.6 is 15.9 Å². The lowest BCUT2D eigenvalue weighted by molar-refractivity contribution is 0.173. The maximum atomic E-state index is 5.69. The quantitative estimate of drug-likeness (QED) is 0.576. The summed E-state index contributed by atoms with van der Waals surface area (Å²) >= 11 is 3.77. The summed E-state index contributed by atoms with van der Waals surface area (Å²) in [6, 6.07) is 10.9. The first-order valence-corrected chi connectivity index (χ1v) is 9.86. The van der Waals surface area contributed by atoms with Crippen LogP contribution in [-0.2, 0) is 6.42 Å². The molecular weight excluding hydrogens is 388 g/mol. The molecule has 2 aliphatic carbocycles. The number of rotatable bonds is 2. The number of hydrogen-bond donors (Lipinski definition) is 0. The van der Waals surface area contributed by atoms with E-state index in [0.29, 0.717) is 12.7 Å². The Labute approximate surface area is 162 Å². The van der Waals surface area contributed by atoms with Crippen molar-refractivity contribution in [1.82, 2.24) is 0 Å². The standard InChI is InChI=1S/C23H21BrO2/c1-13-10-17-16(11-19-22(21(17)24)26-12-25-19)20(13)23(2,3)18-9-8-14-6-4-5-7-15(14)18/h4-9,11,18H,10,12H2,1-3H3. The fraction of sp³-hybridized carbons (Fsp3) is 0.304. The summed E-state index contributed by atoms with van der Waals surface area (Å²) in [7, 11) is 0. The molecule has 3 heteroatoms. The minimum atomic E-state index is -0.00836. The molecule has 0 saturated carbocycles. The van der Waals surface area contributed by atoms with E-state index in [1.165, 1.54) is 33.4 Å². The zero-order chi connectivity index (χ0) is 18.1. The van der Waals surface area contributed by atoms with Crippen molar-refractivity contribution in [2.75, 3.05) is 6.79 Å². The Bertz CT molecular complexity index is 998. The van der Waals surface area contributed by atoms with E-state index >= 15 is 0 Å². The van der Waals surface area contributed by atoms with E-state index in [0.717, 1.165) is 22.4 Å². The van der Waals surface area contributed by atoms with Crippen LogP contribution in [0.1, 0.15) is 48.9 Å². The van der Waals surface area contributed by atoms with Gasteiger partial charge in [0.25, 0.3) is 0 Å². The SMILES string of the molecule is CC1=C(C(C)(C)C2C=Cc3ccccc32)c2cc3c(c(Br)c2C1)OCO3. The summed E-state index contributed by atoms with van der Waals surface area (Å²) in [6.45, 7) is 7.31. The summed E-state index contributed by atoms with van der Waals surface area (Å²) in [5, 5.41) is 0. The van der Waals surface area contributed by atoms with Gasteiger partial charge in [-0.05, 0) is 63.2 Å². The molecule has 3 aliphatic rings. The molecule has 0 spiro atoms. The highest BCUT2D eigenvalue weighted by atomic mass is 79.9. The average molecular weight is 409 g/mol. The van der Waals surface area contributed by atoms with E-state index < -0.39 is 0 Å². The zero-order valence-corrected chi connectivity index (χ0v) is 16.8. The molecule has 2 aromatic rings. The van der Waals surface area contributed by atoms with Gasteiger partial charge < -0.3 is 9.47 Å². The Morgan fingerprint density at radius 1 is 1.15 bits per heavy atom. The largest absolute Gasteiger partial charge is 0.454 e. The first-order chi connectivity index (χ1) is 12.5. The van der Waals surface area contributed by atoms with E-state index in [2.05, 4.69) is 79.2 Å². The molecule has 5 rings (SSSR count). The molecule has 1 atom stereocenters. The molecule has 0 bridgehead atoms. The predicted octanol–water partition coefficient (Wildman–Crippen LogP) is 6.34. The molecule has 0 fully saturated rings. The van der Waals surface area contributed by atoms with Gasteiger partial charge in [0, 0.05) is 11.3 Å². The second-order valence-electron chi connectivity index (χ2n) is 7.97. The lowest BCUT2D eigenvalue weighted by atomic mass is 9.68. The van der Waals surface area contributed by atoms with Gasteiger partial charge in [0.1, 0.15) is 0 Å². The van der Waals surface area contributed by atoms with Crippen molar-refractivity contribution >= 4 is 27.6 Å². The molecule has 0 saturated heterocycles. The van der Waals surface area contributed by atoms with Gasteiger partial charge in [-0.3, -0.25) is 0 Å². The third-order valence-corrected chi connectivity index (χ3v) is 6.90. The zero-order valence-electron chi connectivity index (χ0n) is 15.2. The Kier molecular flexibility index (Phi) is 3.42. The monoisotopic (exact) mass is 408 g/mol. The van der Waals surface area contributed by atoms with Gasteiger partial charge >= 0.3 is 0 Å². The van der Waals surface area contributed by atoms with Crippen molar-refractivity contribution in [3.63, 3.8) is 0 Å². The van der Waals surface area contributed by atoms with Gasteiger partial charge in [-0.25, -0.2) is 0 Å². The minimum absolute atomic E-state index is 0.00836. The molecule has 26 heavy (non-hydrogen) atoms. The molecule has 0 radical (unpaired) electrons. The molecule has 0 N–H and O–H groups in total. The van der Waals surface area contributed by atoms with Gasteiger partial charge in [0.05, 0.1) is 4.47 Å². The highest BCUT2D eigenvalue weighted by molar-refractivity contribution is 9.10. The second-order valence-corrected chi connectivity index (χ2v) is 8.76. The molecular formula is C23H21BrO2. The van der Waals surface area contributed by atoms with Crippen molar-refractivity contribution in [2.45, 2.75) is 33.1 Å². The van der Waals surface area contributed by atoms with Gasteiger partial charge in [0.2, 0.25) is 6.79 Å². The number of halogens is 1. The first kappa shape index (κ1) is 16.2. The van der Waals surface area contributed by atoms with Gasteiger partial charge in [0.15, 0.2) is 11.5 Å². The van der Waals surface area contributed by atoms with E-state index in [1.807, 2.05) is 0 Å². The molecule has 0 aromatic heterocycles. The van der Waals surface area contributed by atoms with Gasteiger partial charge in [-0.15, -0.1) is 0 Å². The smallest absolute Gasteiger partial charge is 0.231 e. The fourth-order valence-corrected chi connectivity index (χ4v) is 5.62. The number of fused-ring (bicyclic) bond motifs is 3. The molecule has 2 nitrogen and oxygen atoms in total. The normalized spacial score (nSPS) is 19.9. The van der Waals surface area contributed by atoms with Crippen LogP contribution in [0.25, 0.3) is 11.6 Å². The van der Waals surface area contributed by atoms with Gasteiger partial charge in [-0.2, -0.15) is 0 Å². The molecule has 2 aromatic carbocycles. The van der Waals surface area contributed by atoms with Crippen LogP contribution in [-0.4, -0.2) is 6.79 Å². The van der Waals surface area contributed by atoms with Crippen molar-refractivity contribution in [3.8, 4) is 11.5 Å². The van der Waals surface area contributed by atoms with Crippen LogP contribution in [0.15, 0.2) is 46.5 Å². The van der Waals surface area contributed by atoms with Crippen molar-refractivity contribution in [3.05, 3.63) is 68.7 Å². The molecule has 1 heterocycles. The van der Waals surface area contributed by atoms with Crippen LogP contribution < -0.4 is 9.47 Å². The van der Waals surface area contributed by atoms with E-state index in [-0.39, 0.29) is 5.41 Å². The topological polar surface area (TPSA) is 18.5 Å². The lowest BCUT2D eigenvalue weighted by Gasteiger charge is -2.35. The first-order valence-electron chi connectivity index (χ1n) is 9.07. The molecule has 1 unspecified atom stereocenters. The molecule has 0 amide bonds. The summed E-state index contributed by atoms with van der Waals surface area (Å²) < 4.78 is 12.4. The minimum Gasteiger partial charge on any atom is -0.454 e. The van der Waals surface area contributed by atoms with Crippen molar-refractivity contribution < 1.29 is 9.47 Å². The Balaban J connectivity index is 1.65. The number of allylic oxidation sites excluding steroid dienone is 3. The maximum Gasteiger partial charge on any atom is 0.231 e. The van der Waals surface area contributed by atoms with Crippen LogP contribution in [0.3, 0.4) is 0 Å². The van der Waals surface area contributed by atoms with E-state index in [4.69, 9.17) is 9.47 Å². The Morgan fingerprint density at radius 3 is 2.81 bits per heavy atom. The summed E-state index contributed by atoms with van der Waals surface area (Å²) in [4.78, 5) is 0. The second kappa shape index (κ2) is 5.50. The van der Waals surface area contributed by atoms with Crippen LogP contribution in [0.2, 0.25) is 0 Å². The van der Waals surface area contributed by atoms with Crippen molar-refractivity contribution in [2.24, 2.45) is 5.41 Å². The number of benzene rings is 2. The molecule has 1 aliphatic heterocycles.